The number of carbonyl (C=O) groups excluding carboxylic acids is 1. The van der Waals surface area contributed by atoms with E-state index in [9.17, 15) is 4.79 Å². The minimum atomic E-state index is -0.127. The van der Waals surface area contributed by atoms with E-state index in [-0.39, 0.29) is 12.0 Å². The highest BCUT2D eigenvalue weighted by atomic mass is 16.5. The summed E-state index contributed by atoms with van der Waals surface area (Å²) < 4.78 is 12.8. The second kappa shape index (κ2) is 7.17. The highest BCUT2D eigenvalue weighted by Gasteiger charge is 2.21. The van der Waals surface area contributed by atoms with Crippen LogP contribution in [0, 0.1) is 0 Å². The smallest absolute Gasteiger partial charge is 0.248 e. The molecule has 1 atom stereocenters. The van der Waals surface area contributed by atoms with Crippen LogP contribution < -0.4 is 10.1 Å². The Kier molecular flexibility index (Phi) is 4.57. The van der Waals surface area contributed by atoms with E-state index in [1.807, 2.05) is 35.0 Å². The van der Waals surface area contributed by atoms with Crippen molar-refractivity contribution in [1.29, 1.82) is 0 Å². The molecule has 8 heteroatoms. The summed E-state index contributed by atoms with van der Waals surface area (Å²) in [6, 6.07) is 7.90. The molecule has 0 saturated carbocycles. The molecule has 0 aliphatic carbocycles. The number of nitrogens with zero attached hydrogens (tertiary/aromatic N) is 3. The number of nitrogens with one attached hydrogen (secondary N) is 2. The van der Waals surface area contributed by atoms with E-state index in [1.165, 1.54) is 0 Å². The van der Waals surface area contributed by atoms with Gasteiger partial charge in [-0.05, 0) is 37.1 Å². The van der Waals surface area contributed by atoms with E-state index < -0.39 is 0 Å². The molecule has 0 spiro atoms. The van der Waals surface area contributed by atoms with E-state index in [2.05, 4.69) is 20.5 Å². The van der Waals surface area contributed by atoms with Crippen molar-refractivity contribution in [2.24, 2.45) is 0 Å². The monoisotopic (exact) mass is 355 g/mol. The summed E-state index contributed by atoms with van der Waals surface area (Å²) in [5.74, 6) is 1.66. The standard InChI is InChI=1S/C18H21N5O3/c1-25-13-4-5-14-12(11-13)6-8-23(14)9-7-16(24)19-18-20-17(21-22-18)15-3-2-10-26-15/h4-6,8,11,15H,2-3,7,9-10H2,1H3,(H2,19,20,21,22,24). The van der Waals surface area contributed by atoms with Crippen molar-refractivity contribution in [3.8, 4) is 5.75 Å². The topological polar surface area (TPSA) is 94.1 Å². The number of anilines is 1. The number of amides is 1. The Morgan fingerprint density at radius 1 is 1.46 bits per heavy atom. The number of hydrogen-bond acceptors (Lipinski definition) is 5. The third kappa shape index (κ3) is 3.41. The number of H-pyrrole nitrogens is 1. The van der Waals surface area contributed by atoms with Crippen molar-refractivity contribution in [1.82, 2.24) is 19.7 Å². The van der Waals surface area contributed by atoms with Crippen LogP contribution in [0.5, 0.6) is 5.75 Å². The van der Waals surface area contributed by atoms with Gasteiger partial charge in [0.25, 0.3) is 0 Å². The molecule has 2 aromatic heterocycles. The number of rotatable bonds is 6. The molecule has 26 heavy (non-hydrogen) atoms. The van der Waals surface area contributed by atoms with Gasteiger partial charge in [0.1, 0.15) is 11.9 Å². The third-order valence-corrected chi connectivity index (χ3v) is 4.55. The fourth-order valence-corrected chi connectivity index (χ4v) is 3.18. The van der Waals surface area contributed by atoms with Gasteiger partial charge in [0, 0.05) is 36.7 Å². The second-order valence-corrected chi connectivity index (χ2v) is 6.28. The summed E-state index contributed by atoms with van der Waals surface area (Å²) in [6.07, 6.45) is 4.20. The molecule has 0 bridgehead atoms. The van der Waals surface area contributed by atoms with Gasteiger partial charge in [-0.15, -0.1) is 5.10 Å². The molecule has 2 N–H and O–H groups in total. The van der Waals surface area contributed by atoms with Crippen LogP contribution in [0.2, 0.25) is 0 Å². The molecule has 136 valence electrons. The van der Waals surface area contributed by atoms with Gasteiger partial charge in [-0.1, -0.05) is 0 Å². The van der Waals surface area contributed by atoms with Crippen molar-refractivity contribution >= 4 is 22.8 Å². The van der Waals surface area contributed by atoms with Crippen molar-refractivity contribution in [3.05, 3.63) is 36.3 Å². The summed E-state index contributed by atoms with van der Waals surface area (Å²) in [6.45, 7) is 1.31. The summed E-state index contributed by atoms with van der Waals surface area (Å²) in [4.78, 5) is 16.5. The van der Waals surface area contributed by atoms with Crippen LogP contribution in [0.4, 0.5) is 5.95 Å². The van der Waals surface area contributed by atoms with Gasteiger partial charge in [0.15, 0.2) is 5.82 Å². The molecule has 1 fully saturated rings. The maximum absolute atomic E-state index is 12.2. The highest BCUT2D eigenvalue weighted by Crippen LogP contribution is 2.26. The zero-order valence-corrected chi connectivity index (χ0v) is 14.6. The van der Waals surface area contributed by atoms with Gasteiger partial charge in [-0.25, -0.2) is 0 Å². The van der Waals surface area contributed by atoms with E-state index in [4.69, 9.17) is 9.47 Å². The lowest BCUT2D eigenvalue weighted by Crippen LogP contribution is -2.15. The lowest BCUT2D eigenvalue weighted by atomic mass is 10.2. The van der Waals surface area contributed by atoms with E-state index in [0.717, 1.165) is 36.1 Å². The summed E-state index contributed by atoms with van der Waals surface area (Å²) >= 11 is 0. The number of fused-ring (bicyclic) bond motifs is 1. The van der Waals surface area contributed by atoms with E-state index in [1.54, 1.807) is 7.11 Å². The van der Waals surface area contributed by atoms with Gasteiger partial charge in [-0.2, -0.15) is 4.98 Å². The Bertz CT molecular complexity index is 911. The van der Waals surface area contributed by atoms with Crippen molar-refractivity contribution < 1.29 is 14.3 Å². The van der Waals surface area contributed by atoms with Gasteiger partial charge in [-0.3, -0.25) is 15.2 Å². The largest absolute Gasteiger partial charge is 0.497 e. The molecule has 4 rings (SSSR count). The first-order valence-corrected chi connectivity index (χ1v) is 8.69. The third-order valence-electron chi connectivity index (χ3n) is 4.55. The Balaban J connectivity index is 1.35. The quantitative estimate of drug-likeness (QED) is 0.709. The van der Waals surface area contributed by atoms with Crippen LogP contribution in [0.25, 0.3) is 10.9 Å². The average molecular weight is 355 g/mol. The SMILES string of the molecule is COc1ccc2c(ccn2CCC(=O)Nc2n[nH]c(C3CCCO3)n2)c1. The zero-order valence-electron chi connectivity index (χ0n) is 14.6. The lowest BCUT2D eigenvalue weighted by Gasteiger charge is -2.06. The first kappa shape index (κ1) is 16.6. The predicted molar refractivity (Wildman–Crippen MR) is 96.0 cm³/mol. The summed E-state index contributed by atoms with van der Waals surface area (Å²) in [7, 11) is 1.65. The fourth-order valence-electron chi connectivity index (χ4n) is 3.18. The minimum absolute atomic E-state index is 0.0450. The van der Waals surface area contributed by atoms with Crippen LogP contribution >= 0.6 is 0 Å². The van der Waals surface area contributed by atoms with Crippen molar-refractivity contribution in [3.63, 3.8) is 0 Å². The lowest BCUT2D eigenvalue weighted by molar-refractivity contribution is -0.116. The number of aromatic nitrogens is 4. The van der Waals surface area contributed by atoms with Gasteiger partial charge in [0.2, 0.25) is 11.9 Å². The molecule has 1 aliphatic rings. The van der Waals surface area contributed by atoms with Crippen LogP contribution in [0.1, 0.15) is 31.2 Å². The van der Waals surface area contributed by atoms with Gasteiger partial charge >= 0.3 is 0 Å². The molecular formula is C18H21N5O3. The summed E-state index contributed by atoms with van der Waals surface area (Å²) in [5.41, 5.74) is 1.07. The molecule has 1 unspecified atom stereocenters. The highest BCUT2D eigenvalue weighted by molar-refractivity contribution is 5.89. The van der Waals surface area contributed by atoms with E-state index >= 15 is 0 Å². The van der Waals surface area contributed by atoms with Crippen LogP contribution in [0.15, 0.2) is 30.5 Å². The van der Waals surface area contributed by atoms with Crippen molar-refractivity contribution in [2.75, 3.05) is 19.0 Å². The molecule has 3 heterocycles. The number of aryl methyl sites for hydroxylation is 1. The number of benzene rings is 1. The maximum Gasteiger partial charge on any atom is 0.248 e. The predicted octanol–water partition coefficient (Wildman–Crippen LogP) is 2.65. The number of hydrogen-bond donors (Lipinski definition) is 2. The normalized spacial score (nSPS) is 16.9. The fraction of sp³-hybridized carbons (Fsp3) is 0.389. The average Bonchev–Trinajstić information content (AvgIpc) is 3.39. The van der Waals surface area contributed by atoms with Crippen LogP contribution in [-0.4, -0.2) is 39.4 Å². The molecule has 1 aromatic carbocycles. The number of methoxy groups -OCH3 is 1. The second-order valence-electron chi connectivity index (χ2n) is 6.28. The first-order valence-electron chi connectivity index (χ1n) is 8.69. The minimum Gasteiger partial charge on any atom is -0.497 e. The molecule has 1 saturated heterocycles. The Labute approximate surface area is 150 Å². The van der Waals surface area contributed by atoms with Crippen LogP contribution in [-0.2, 0) is 16.1 Å². The maximum atomic E-state index is 12.2. The van der Waals surface area contributed by atoms with E-state index in [0.29, 0.717) is 24.7 Å². The molecule has 3 aromatic rings. The number of ether oxygens (including phenoxy) is 2. The summed E-state index contributed by atoms with van der Waals surface area (Å²) in [5, 5.41) is 10.7. The van der Waals surface area contributed by atoms with Crippen molar-refractivity contribution in [2.45, 2.75) is 31.9 Å². The van der Waals surface area contributed by atoms with Gasteiger partial charge < -0.3 is 14.0 Å². The molecule has 8 nitrogen and oxygen atoms in total. The number of aromatic amines is 1. The Hall–Kier alpha value is -2.87. The Morgan fingerprint density at radius 3 is 3.19 bits per heavy atom. The van der Waals surface area contributed by atoms with Crippen LogP contribution in [0.3, 0.4) is 0 Å². The molecule has 1 amide bonds. The molecule has 1 aliphatic heterocycles. The number of carbonyl (C=O) groups is 1. The first-order chi connectivity index (χ1) is 12.7. The Morgan fingerprint density at radius 2 is 2.38 bits per heavy atom. The van der Waals surface area contributed by atoms with Gasteiger partial charge in [0.05, 0.1) is 7.11 Å². The molecule has 0 radical (unpaired) electrons. The zero-order chi connectivity index (χ0) is 17.9. The molecular weight excluding hydrogens is 334 g/mol.